The number of fused-ring (bicyclic) bond motifs is 1. The number of hydrogen-bond acceptors (Lipinski definition) is 6. The number of para-hydroxylation sites is 2. The lowest BCUT2D eigenvalue weighted by Crippen LogP contribution is -2.16. The van der Waals surface area contributed by atoms with Crippen LogP contribution in [0.1, 0.15) is 5.56 Å². The van der Waals surface area contributed by atoms with E-state index in [1.54, 1.807) is 24.3 Å². The molecule has 0 fully saturated rings. The van der Waals surface area contributed by atoms with Gasteiger partial charge in [-0.3, -0.25) is 4.72 Å². The predicted molar refractivity (Wildman–Crippen MR) is 117 cm³/mol. The lowest BCUT2D eigenvalue weighted by Gasteiger charge is -2.15. The fourth-order valence-electron chi connectivity index (χ4n) is 3.01. The molecule has 1 heterocycles. The van der Waals surface area contributed by atoms with Gasteiger partial charge in [0.25, 0.3) is 14.9 Å². The number of nitrogens with zero attached hydrogens (tertiary/aromatic N) is 3. The molecule has 34 heavy (non-hydrogen) atoms. The van der Waals surface area contributed by atoms with Crippen molar-refractivity contribution in [2.45, 2.75) is 11.1 Å². The van der Waals surface area contributed by atoms with Crippen LogP contribution in [0.4, 0.5) is 36.2 Å². The van der Waals surface area contributed by atoms with E-state index in [1.807, 2.05) is 0 Å². The molecule has 0 bridgehead atoms. The molecule has 0 atom stereocenters. The number of hydrogen-bond donors (Lipinski definition) is 3. The number of rotatable bonds is 6. The molecular formula is C21H15F3N5O4S+. The Morgan fingerprint density at radius 2 is 1.47 bits per heavy atom. The summed E-state index contributed by atoms with van der Waals surface area (Å²) in [6, 6.07) is 15.2. The zero-order valence-electron chi connectivity index (χ0n) is 17.0. The second-order valence-corrected chi connectivity index (χ2v) is 8.67. The lowest BCUT2D eigenvalue weighted by atomic mass is 10.2. The van der Waals surface area contributed by atoms with Crippen molar-refractivity contribution in [2.24, 2.45) is 0 Å². The van der Waals surface area contributed by atoms with Crippen LogP contribution in [-0.2, 0) is 16.2 Å². The monoisotopic (exact) mass is 490 g/mol. The summed E-state index contributed by atoms with van der Waals surface area (Å²) in [5.74, 6) is -0.382. The molecule has 3 N–H and O–H groups in total. The van der Waals surface area contributed by atoms with Crippen molar-refractivity contribution >= 4 is 44.1 Å². The third kappa shape index (κ3) is 4.88. The molecule has 4 aromatic rings. The van der Waals surface area contributed by atoms with Gasteiger partial charge >= 0.3 is 11.9 Å². The summed E-state index contributed by atoms with van der Waals surface area (Å²) in [7, 11) is -4.25. The van der Waals surface area contributed by atoms with Gasteiger partial charge in [-0.25, -0.2) is 23.6 Å². The molecule has 9 nitrogen and oxygen atoms in total. The Balaban J connectivity index is 1.75. The van der Waals surface area contributed by atoms with E-state index in [2.05, 4.69) is 20.0 Å². The summed E-state index contributed by atoms with van der Waals surface area (Å²) in [5, 5.41) is 11.6. The Labute approximate surface area is 190 Å². The molecule has 4 rings (SSSR count). The van der Waals surface area contributed by atoms with Crippen LogP contribution in [0.15, 0.2) is 77.7 Å². The van der Waals surface area contributed by atoms with Crippen molar-refractivity contribution in [1.82, 2.24) is 9.97 Å². The zero-order valence-corrected chi connectivity index (χ0v) is 17.8. The Morgan fingerprint density at radius 1 is 0.853 bits per heavy atom. The zero-order chi connectivity index (χ0) is 24.5. The maximum Gasteiger partial charge on any atom is 0.416 e. The maximum absolute atomic E-state index is 13.1. The Morgan fingerprint density at radius 3 is 2.06 bits per heavy atom. The smallest absolute Gasteiger partial charge is 0.337 e. The van der Waals surface area contributed by atoms with Crippen molar-refractivity contribution in [3.05, 3.63) is 83.3 Å². The van der Waals surface area contributed by atoms with E-state index in [0.717, 1.165) is 36.4 Å². The average Bonchev–Trinajstić information content (AvgIpc) is 2.79. The van der Waals surface area contributed by atoms with Crippen LogP contribution in [0.3, 0.4) is 0 Å². The van der Waals surface area contributed by atoms with Crippen LogP contribution in [0, 0.1) is 4.91 Å². The highest BCUT2D eigenvalue weighted by Gasteiger charge is 2.30. The van der Waals surface area contributed by atoms with E-state index in [-0.39, 0.29) is 27.9 Å². The van der Waals surface area contributed by atoms with Crippen molar-refractivity contribution < 1.29 is 31.7 Å². The number of halogens is 3. The third-order valence-electron chi connectivity index (χ3n) is 4.62. The van der Waals surface area contributed by atoms with Crippen LogP contribution in [0.25, 0.3) is 11.0 Å². The molecule has 13 heteroatoms. The van der Waals surface area contributed by atoms with Crippen molar-refractivity contribution in [2.75, 3.05) is 10.0 Å². The quantitative estimate of drug-likeness (QED) is 0.325. The van der Waals surface area contributed by atoms with Gasteiger partial charge < -0.3 is 5.32 Å². The average molecular weight is 490 g/mol. The van der Waals surface area contributed by atoms with Crippen molar-refractivity contribution in [3.8, 4) is 0 Å². The summed E-state index contributed by atoms with van der Waals surface area (Å²) in [6.07, 6.45) is -4.57. The van der Waals surface area contributed by atoms with Crippen LogP contribution in [-0.4, -0.2) is 28.5 Å². The third-order valence-corrected chi connectivity index (χ3v) is 5.98. The highest BCUT2D eigenvalue weighted by atomic mass is 32.2. The normalized spacial score (nSPS) is 11.9. The molecule has 0 amide bonds. The van der Waals surface area contributed by atoms with Gasteiger partial charge in [0.15, 0.2) is 11.6 Å². The number of aromatic nitrogens is 2. The fraction of sp³-hybridized carbons (Fsp3) is 0.0476. The summed E-state index contributed by atoms with van der Waals surface area (Å²) >= 11 is 0. The van der Waals surface area contributed by atoms with Gasteiger partial charge in [-0.2, -0.15) is 13.2 Å². The number of anilines is 3. The molecule has 0 saturated heterocycles. The summed E-state index contributed by atoms with van der Waals surface area (Å²) in [6.45, 7) is 0. The molecule has 0 aliphatic rings. The first-order chi connectivity index (χ1) is 16.0. The molecular weight excluding hydrogens is 475 g/mol. The van der Waals surface area contributed by atoms with Crippen molar-refractivity contribution in [1.29, 1.82) is 0 Å². The molecule has 3 aromatic carbocycles. The van der Waals surface area contributed by atoms with Gasteiger partial charge in [0, 0.05) is 17.8 Å². The van der Waals surface area contributed by atoms with E-state index in [1.165, 1.54) is 12.1 Å². The summed E-state index contributed by atoms with van der Waals surface area (Å²) < 4.78 is 67.4. The van der Waals surface area contributed by atoms with Gasteiger partial charge in [0.05, 0.1) is 26.4 Å². The number of benzene rings is 3. The van der Waals surface area contributed by atoms with E-state index in [9.17, 15) is 26.5 Å². The Kier molecular flexibility index (Phi) is 5.79. The van der Waals surface area contributed by atoms with Crippen LogP contribution >= 0.6 is 0 Å². The summed E-state index contributed by atoms with van der Waals surface area (Å²) in [4.78, 5) is 18.8. The van der Waals surface area contributed by atoms with Gasteiger partial charge in [0.2, 0.25) is 0 Å². The molecule has 174 valence electrons. The first-order valence-corrected chi connectivity index (χ1v) is 11.0. The van der Waals surface area contributed by atoms with E-state index in [4.69, 9.17) is 5.21 Å². The fourth-order valence-corrected chi connectivity index (χ4v) is 4.02. The minimum atomic E-state index is -4.57. The van der Waals surface area contributed by atoms with Crippen molar-refractivity contribution in [3.63, 3.8) is 0 Å². The van der Waals surface area contributed by atoms with Gasteiger partial charge in [-0.15, -0.1) is 0 Å². The Bertz CT molecular complexity index is 1490. The minimum Gasteiger partial charge on any atom is -0.337 e. The summed E-state index contributed by atoms with van der Waals surface area (Å²) in [5.41, 5.74) is -0.348. The highest BCUT2D eigenvalue weighted by Crippen LogP contribution is 2.33. The van der Waals surface area contributed by atoms with E-state index >= 15 is 0 Å². The SMILES string of the molecule is O=[N+](O)c1ccc(S(=O)(=O)Nc2nc3ccccc3nc2Nc2cccc(C(F)(F)F)c2)cc1. The maximum atomic E-state index is 13.1. The molecule has 0 radical (unpaired) electrons. The predicted octanol–water partition coefficient (Wildman–Crippen LogP) is 4.99. The Hall–Kier alpha value is -4.26. The number of sulfonamides is 1. The van der Waals surface area contributed by atoms with E-state index < -0.39 is 26.7 Å². The molecule has 1 aromatic heterocycles. The lowest BCUT2D eigenvalue weighted by molar-refractivity contribution is -0.729. The topological polar surface area (TPSA) is 124 Å². The van der Waals surface area contributed by atoms with Gasteiger partial charge in [0.1, 0.15) is 0 Å². The molecule has 0 saturated carbocycles. The standard InChI is InChI=1S/C21H15F3N5O4S/c22-21(23,24)13-4-3-5-14(12-13)25-19-20(27-18-7-2-1-6-17(18)26-19)28-34(32,33)16-10-8-15(9-11-16)29(30)31/h1-12H,(H,25,26)(H,27,28)(H,30,31)/q+1. The minimum absolute atomic E-state index is 0.0164. The van der Waals surface area contributed by atoms with Crippen LogP contribution in [0.5, 0.6) is 0 Å². The van der Waals surface area contributed by atoms with Gasteiger partial charge in [-0.05, 0) is 42.5 Å². The highest BCUT2D eigenvalue weighted by molar-refractivity contribution is 7.92. The van der Waals surface area contributed by atoms with E-state index in [0.29, 0.717) is 11.0 Å². The van der Waals surface area contributed by atoms with Crippen LogP contribution < -0.4 is 10.0 Å². The molecule has 0 spiro atoms. The van der Waals surface area contributed by atoms with Gasteiger partial charge in [-0.1, -0.05) is 18.2 Å². The van der Waals surface area contributed by atoms with Crippen LogP contribution in [0.2, 0.25) is 0 Å². The second-order valence-electron chi connectivity index (χ2n) is 6.99. The molecule has 0 aliphatic carbocycles. The largest absolute Gasteiger partial charge is 0.416 e. The molecule has 0 aliphatic heterocycles. The second kappa shape index (κ2) is 8.59. The molecule has 0 unspecified atom stereocenters. The number of alkyl halides is 3. The number of nitrogens with one attached hydrogen (secondary N) is 2. The first-order valence-electron chi connectivity index (χ1n) is 9.53. The first kappa shape index (κ1) is 22.9.